The highest BCUT2D eigenvalue weighted by Gasteiger charge is 2.43. The van der Waals surface area contributed by atoms with Gasteiger partial charge in [0.1, 0.15) is 17.3 Å². The van der Waals surface area contributed by atoms with Gasteiger partial charge in [0.05, 0.1) is 39.1 Å². The van der Waals surface area contributed by atoms with Crippen LogP contribution in [-0.2, 0) is 12.6 Å². The molecule has 0 radical (unpaired) electrons. The van der Waals surface area contributed by atoms with Crippen LogP contribution in [0.2, 0.25) is 0 Å². The summed E-state index contributed by atoms with van der Waals surface area (Å²) < 4.78 is 16.7. The van der Waals surface area contributed by atoms with Gasteiger partial charge in [-0.25, -0.2) is 9.37 Å². The Morgan fingerprint density at radius 3 is 2.63 bits per heavy atom. The molecule has 0 amide bonds. The van der Waals surface area contributed by atoms with Crippen molar-refractivity contribution in [1.29, 1.82) is 0 Å². The average molecular weight is 469 g/mol. The van der Waals surface area contributed by atoms with Gasteiger partial charge >= 0.3 is 0 Å². The zero-order valence-electron chi connectivity index (χ0n) is 17.1. The standard InChI is InChI=1S/C22H22BrFN6/c1-14-5-6-18(30-25-8-9-26-30)20(11-14)29-10-4-7-22(29,2)21-27-17-13-16(24)15(23)12-19(17)28(21)3/h5-6,8-9,11-13H,4,7,10H2,1-3H3/t22-/m0/s1. The molecule has 0 spiro atoms. The smallest absolute Gasteiger partial charge is 0.139 e. The molecule has 4 aromatic rings. The lowest BCUT2D eigenvalue weighted by Gasteiger charge is -2.37. The maximum Gasteiger partial charge on any atom is 0.139 e. The summed E-state index contributed by atoms with van der Waals surface area (Å²) in [6, 6.07) is 9.61. The van der Waals surface area contributed by atoms with Gasteiger partial charge in [-0.05, 0) is 66.4 Å². The number of anilines is 1. The number of halogens is 2. The Balaban J connectivity index is 1.69. The maximum absolute atomic E-state index is 14.1. The van der Waals surface area contributed by atoms with Gasteiger partial charge in [0.15, 0.2) is 0 Å². The van der Waals surface area contributed by atoms with Crippen LogP contribution in [0.5, 0.6) is 0 Å². The number of aryl methyl sites for hydroxylation is 2. The number of hydrogen-bond acceptors (Lipinski definition) is 4. The molecule has 1 aliphatic heterocycles. The van der Waals surface area contributed by atoms with Crippen molar-refractivity contribution in [3.05, 3.63) is 64.4 Å². The number of hydrogen-bond donors (Lipinski definition) is 0. The van der Waals surface area contributed by atoms with Gasteiger partial charge < -0.3 is 9.47 Å². The van der Waals surface area contributed by atoms with Crippen LogP contribution in [0.4, 0.5) is 10.1 Å². The van der Waals surface area contributed by atoms with Crippen molar-refractivity contribution < 1.29 is 4.39 Å². The van der Waals surface area contributed by atoms with Crippen LogP contribution in [-0.4, -0.2) is 31.1 Å². The van der Waals surface area contributed by atoms with Crippen molar-refractivity contribution in [2.75, 3.05) is 11.4 Å². The van der Waals surface area contributed by atoms with Crippen molar-refractivity contribution in [2.45, 2.75) is 32.2 Å². The van der Waals surface area contributed by atoms with Crippen LogP contribution in [0, 0.1) is 12.7 Å². The normalized spacial score (nSPS) is 19.2. The van der Waals surface area contributed by atoms with E-state index >= 15 is 0 Å². The van der Waals surface area contributed by atoms with E-state index in [9.17, 15) is 4.39 Å². The highest BCUT2D eigenvalue weighted by Crippen LogP contribution is 2.44. The van der Waals surface area contributed by atoms with Gasteiger partial charge in [0.25, 0.3) is 0 Å². The van der Waals surface area contributed by atoms with Crippen molar-refractivity contribution in [2.24, 2.45) is 7.05 Å². The fourth-order valence-electron chi connectivity index (χ4n) is 4.61. The molecule has 0 N–H and O–H groups in total. The molecule has 3 heterocycles. The molecule has 30 heavy (non-hydrogen) atoms. The van der Waals surface area contributed by atoms with Crippen molar-refractivity contribution in [1.82, 2.24) is 24.5 Å². The number of rotatable bonds is 3. The minimum atomic E-state index is -0.341. The lowest BCUT2D eigenvalue weighted by atomic mass is 9.96. The molecule has 0 saturated carbocycles. The summed E-state index contributed by atoms with van der Waals surface area (Å²) in [6.07, 6.45) is 5.36. The van der Waals surface area contributed by atoms with E-state index in [1.807, 2.05) is 7.05 Å². The number of fused-ring (bicyclic) bond motifs is 1. The number of nitrogens with zero attached hydrogens (tertiary/aromatic N) is 6. The highest BCUT2D eigenvalue weighted by molar-refractivity contribution is 9.10. The number of benzene rings is 2. The first-order valence-corrected chi connectivity index (χ1v) is 10.7. The summed E-state index contributed by atoms with van der Waals surface area (Å²) in [5.74, 6) is 0.625. The molecule has 154 valence electrons. The first-order chi connectivity index (χ1) is 14.4. The second kappa shape index (κ2) is 6.91. The van der Waals surface area contributed by atoms with Crippen molar-refractivity contribution >= 4 is 32.7 Å². The molecule has 6 nitrogen and oxygen atoms in total. The third kappa shape index (κ3) is 2.85. The van der Waals surface area contributed by atoms with Crippen LogP contribution >= 0.6 is 15.9 Å². The van der Waals surface area contributed by atoms with Crippen LogP contribution < -0.4 is 4.90 Å². The Hall–Kier alpha value is -2.74. The van der Waals surface area contributed by atoms with Crippen LogP contribution in [0.1, 0.15) is 31.2 Å². The number of aromatic nitrogens is 5. The molecule has 1 saturated heterocycles. The molecule has 0 unspecified atom stereocenters. The van der Waals surface area contributed by atoms with E-state index < -0.39 is 0 Å². The first-order valence-electron chi connectivity index (χ1n) is 9.95. The molecular weight excluding hydrogens is 447 g/mol. The second-order valence-electron chi connectivity index (χ2n) is 8.09. The molecule has 5 rings (SSSR count). The fourth-order valence-corrected chi connectivity index (χ4v) is 4.94. The van der Waals surface area contributed by atoms with Gasteiger partial charge in [0, 0.05) is 19.7 Å². The first kappa shape index (κ1) is 19.2. The fraction of sp³-hybridized carbons (Fsp3) is 0.318. The topological polar surface area (TPSA) is 51.8 Å². The summed E-state index contributed by atoms with van der Waals surface area (Å²) >= 11 is 3.30. The monoisotopic (exact) mass is 468 g/mol. The SMILES string of the molecule is Cc1ccc(-n2nccn2)c(N2CCC[C@@]2(C)c2nc3cc(F)c(Br)cc3n2C)c1. The van der Waals surface area contributed by atoms with Crippen LogP contribution in [0.15, 0.2) is 47.2 Å². The molecule has 1 aliphatic rings. The molecule has 1 atom stereocenters. The predicted molar refractivity (Wildman–Crippen MR) is 118 cm³/mol. The molecule has 1 fully saturated rings. The third-order valence-electron chi connectivity index (χ3n) is 6.10. The lowest BCUT2D eigenvalue weighted by molar-refractivity contribution is 0.447. The molecular formula is C22H22BrFN6. The van der Waals surface area contributed by atoms with Crippen LogP contribution in [0.25, 0.3) is 16.7 Å². The van der Waals surface area contributed by atoms with Gasteiger partial charge in [-0.1, -0.05) is 6.07 Å². The zero-order chi connectivity index (χ0) is 21.0. The van der Waals surface area contributed by atoms with E-state index in [2.05, 4.69) is 67.6 Å². The minimum Gasteiger partial charge on any atom is -0.357 e. The summed E-state index contributed by atoms with van der Waals surface area (Å²) in [5, 5.41) is 8.70. The quantitative estimate of drug-likeness (QED) is 0.429. The molecule has 2 aromatic heterocycles. The lowest BCUT2D eigenvalue weighted by Crippen LogP contribution is -2.41. The zero-order valence-corrected chi connectivity index (χ0v) is 18.7. The van der Waals surface area contributed by atoms with E-state index in [1.54, 1.807) is 23.3 Å². The summed E-state index contributed by atoms with van der Waals surface area (Å²) in [7, 11) is 2.00. The van der Waals surface area contributed by atoms with Gasteiger partial charge in [-0.2, -0.15) is 10.2 Å². The molecule has 0 aliphatic carbocycles. The molecule has 2 aromatic carbocycles. The maximum atomic E-state index is 14.1. The average Bonchev–Trinajstić information content (AvgIpc) is 3.44. The minimum absolute atomic E-state index is 0.300. The van der Waals surface area contributed by atoms with E-state index in [4.69, 9.17) is 4.98 Å². The Morgan fingerprint density at radius 2 is 1.87 bits per heavy atom. The third-order valence-corrected chi connectivity index (χ3v) is 6.71. The van der Waals surface area contributed by atoms with Gasteiger partial charge in [-0.15, -0.1) is 4.80 Å². The predicted octanol–water partition coefficient (Wildman–Crippen LogP) is 4.88. The van der Waals surface area contributed by atoms with Gasteiger partial charge in [0.2, 0.25) is 0 Å². The van der Waals surface area contributed by atoms with E-state index in [0.717, 1.165) is 42.1 Å². The Kier molecular flexibility index (Phi) is 4.43. The Bertz CT molecular complexity index is 1250. The number of imidazole rings is 1. The summed E-state index contributed by atoms with van der Waals surface area (Å²) in [4.78, 5) is 8.94. The van der Waals surface area contributed by atoms with Gasteiger partial charge in [-0.3, -0.25) is 0 Å². The van der Waals surface area contributed by atoms with E-state index in [-0.39, 0.29) is 11.4 Å². The molecule has 8 heteroatoms. The summed E-state index contributed by atoms with van der Waals surface area (Å²) in [6.45, 7) is 5.21. The summed E-state index contributed by atoms with van der Waals surface area (Å²) in [5.41, 5.74) is 4.42. The molecule has 0 bridgehead atoms. The van der Waals surface area contributed by atoms with Crippen molar-refractivity contribution in [3.63, 3.8) is 0 Å². The van der Waals surface area contributed by atoms with Crippen LogP contribution in [0.3, 0.4) is 0 Å². The van der Waals surface area contributed by atoms with Crippen molar-refractivity contribution in [3.8, 4) is 5.69 Å². The Morgan fingerprint density at radius 1 is 1.10 bits per heavy atom. The largest absolute Gasteiger partial charge is 0.357 e. The van der Waals surface area contributed by atoms with E-state index in [1.165, 1.54) is 11.6 Å². The van der Waals surface area contributed by atoms with E-state index in [0.29, 0.717) is 9.99 Å². The second-order valence-corrected chi connectivity index (χ2v) is 8.94. The Labute approximate surface area is 182 Å². The highest BCUT2D eigenvalue weighted by atomic mass is 79.9.